The van der Waals surface area contributed by atoms with Gasteiger partial charge in [0, 0.05) is 18.1 Å². The third-order valence-electron chi connectivity index (χ3n) is 3.24. The standard InChI is InChI=1S/C14H13N3O2/c18-12-9-17(14(19)16-12)8-6-11-4-1-3-10-5-2-7-15-13(10)11/h1-5,7H,6,8-9H2,(H,16,18,19). The van der Waals surface area contributed by atoms with Crippen molar-refractivity contribution in [2.75, 3.05) is 13.1 Å². The minimum Gasteiger partial charge on any atom is -0.315 e. The summed E-state index contributed by atoms with van der Waals surface area (Å²) in [6.07, 6.45) is 2.45. The van der Waals surface area contributed by atoms with Crippen LogP contribution in [0.4, 0.5) is 4.79 Å². The van der Waals surface area contributed by atoms with Crippen LogP contribution in [0.5, 0.6) is 0 Å². The minimum absolute atomic E-state index is 0.150. The first-order chi connectivity index (χ1) is 9.24. The molecule has 5 heteroatoms. The lowest BCUT2D eigenvalue weighted by molar-refractivity contribution is -0.118. The molecule has 0 aliphatic carbocycles. The fourth-order valence-electron chi connectivity index (χ4n) is 2.29. The molecule has 5 nitrogen and oxygen atoms in total. The Hall–Kier alpha value is -2.43. The number of hydrogen-bond donors (Lipinski definition) is 1. The molecule has 0 bridgehead atoms. The number of hydrogen-bond acceptors (Lipinski definition) is 3. The molecular weight excluding hydrogens is 242 g/mol. The van der Waals surface area contributed by atoms with Crippen LogP contribution in [0.25, 0.3) is 10.9 Å². The van der Waals surface area contributed by atoms with Crippen molar-refractivity contribution in [2.24, 2.45) is 0 Å². The number of carbonyl (C=O) groups excluding carboxylic acids is 2. The molecule has 1 aromatic heterocycles. The number of fused-ring (bicyclic) bond motifs is 1. The van der Waals surface area contributed by atoms with Crippen LogP contribution in [-0.2, 0) is 11.2 Å². The maximum Gasteiger partial charge on any atom is 0.324 e. The molecule has 96 valence electrons. The van der Waals surface area contributed by atoms with Gasteiger partial charge in [-0.05, 0) is 18.1 Å². The highest BCUT2D eigenvalue weighted by molar-refractivity contribution is 6.01. The van der Waals surface area contributed by atoms with E-state index in [2.05, 4.69) is 10.3 Å². The van der Waals surface area contributed by atoms with Crippen molar-refractivity contribution < 1.29 is 9.59 Å². The number of benzene rings is 1. The first-order valence-electron chi connectivity index (χ1n) is 6.15. The van der Waals surface area contributed by atoms with E-state index in [1.807, 2.05) is 30.3 Å². The number of imide groups is 1. The SMILES string of the molecule is O=C1CN(CCc2cccc3cccnc23)C(=O)N1. The van der Waals surface area contributed by atoms with Crippen molar-refractivity contribution in [3.63, 3.8) is 0 Å². The molecule has 0 saturated carbocycles. The van der Waals surface area contributed by atoms with Crippen LogP contribution in [0.3, 0.4) is 0 Å². The van der Waals surface area contributed by atoms with Crippen molar-refractivity contribution in [2.45, 2.75) is 6.42 Å². The van der Waals surface area contributed by atoms with Gasteiger partial charge in [0.15, 0.2) is 0 Å². The van der Waals surface area contributed by atoms with E-state index in [0.717, 1.165) is 16.5 Å². The number of para-hydroxylation sites is 1. The highest BCUT2D eigenvalue weighted by atomic mass is 16.2. The van der Waals surface area contributed by atoms with Crippen LogP contribution in [0.1, 0.15) is 5.56 Å². The molecule has 1 fully saturated rings. The predicted octanol–water partition coefficient (Wildman–Crippen LogP) is 1.33. The smallest absolute Gasteiger partial charge is 0.315 e. The van der Waals surface area contributed by atoms with Gasteiger partial charge in [-0.2, -0.15) is 0 Å². The van der Waals surface area contributed by atoms with Gasteiger partial charge in [-0.15, -0.1) is 0 Å². The molecule has 1 aromatic carbocycles. The van der Waals surface area contributed by atoms with Crippen molar-refractivity contribution in [1.82, 2.24) is 15.2 Å². The number of pyridine rings is 1. The quantitative estimate of drug-likeness (QED) is 0.842. The highest BCUT2D eigenvalue weighted by Crippen LogP contribution is 2.16. The van der Waals surface area contributed by atoms with E-state index in [1.54, 1.807) is 6.20 Å². The summed E-state index contributed by atoms with van der Waals surface area (Å²) in [6, 6.07) is 9.60. The van der Waals surface area contributed by atoms with Crippen LogP contribution < -0.4 is 5.32 Å². The maximum absolute atomic E-state index is 11.4. The lowest BCUT2D eigenvalue weighted by Gasteiger charge is -2.13. The zero-order valence-corrected chi connectivity index (χ0v) is 10.3. The summed E-state index contributed by atoms with van der Waals surface area (Å²) >= 11 is 0. The predicted molar refractivity (Wildman–Crippen MR) is 70.6 cm³/mol. The van der Waals surface area contributed by atoms with Gasteiger partial charge in [0.25, 0.3) is 0 Å². The van der Waals surface area contributed by atoms with Crippen molar-refractivity contribution in [1.29, 1.82) is 0 Å². The molecule has 1 N–H and O–H groups in total. The largest absolute Gasteiger partial charge is 0.324 e. The fourth-order valence-corrected chi connectivity index (χ4v) is 2.29. The Kier molecular flexibility index (Phi) is 2.87. The third-order valence-corrected chi connectivity index (χ3v) is 3.24. The van der Waals surface area contributed by atoms with Crippen LogP contribution in [0, 0.1) is 0 Å². The summed E-state index contributed by atoms with van der Waals surface area (Å²) in [5.41, 5.74) is 2.04. The lowest BCUT2D eigenvalue weighted by Crippen LogP contribution is -2.30. The van der Waals surface area contributed by atoms with Crippen LogP contribution in [-0.4, -0.2) is 34.9 Å². The van der Waals surface area contributed by atoms with Crippen molar-refractivity contribution in [3.8, 4) is 0 Å². The first kappa shape index (κ1) is 11.6. The molecule has 0 radical (unpaired) electrons. The molecule has 2 heterocycles. The number of carbonyl (C=O) groups is 2. The van der Waals surface area contributed by atoms with E-state index < -0.39 is 0 Å². The number of aromatic nitrogens is 1. The summed E-state index contributed by atoms with van der Waals surface area (Å²) in [6.45, 7) is 0.671. The maximum atomic E-state index is 11.4. The topological polar surface area (TPSA) is 62.3 Å². The van der Waals surface area contributed by atoms with E-state index in [9.17, 15) is 9.59 Å². The van der Waals surface area contributed by atoms with E-state index in [-0.39, 0.29) is 18.5 Å². The molecule has 0 spiro atoms. The highest BCUT2D eigenvalue weighted by Gasteiger charge is 2.26. The normalized spacial score (nSPS) is 15.1. The number of urea groups is 1. The number of rotatable bonds is 3. The molecule has 1 aliphatic heterocycles. The Morgan fingerprint density at radius 3 is 2.84 bits per heavy atom. The average Bonchev–Trinajstić information content (AvgIpc) is 2.74. The molecular formula is C14H13N3O2. The Morgan fingerprint density at radius 2 is 2.05 bits per heavy atom. The fraction of sp³-hybridized carbons (Fsp3) is 0.214. The van der Waals surface area contributed by atoms with Gasteiger partial charge >= 0.3 is 6.03 Å². The Labute approximate surface area is 110 Å². The van der Waals surface area contributed by atoms with Gasteiger partial charge in [0.2, 0.25) is 5.91 Å². The molecule has 3 rings (SSSR count). The van der Waals surface area contributed by atoms with E-state index in [0.29, 0.717) is 13.0 Å². The number of nitrogens with zero attached hydrogens (tertiary/aromatic N) is 2. The average molecular weight is 255 g/mol. The first-order valence-corrected chi connectivity index (χ1v) is 6.15. The van der Waals surface area contributed by atoms with Crippen LogP contribution in [0.2, 0.25) is 0 Å². The summed E-state index contributed by atoms with van der Waals surface area (Å²) in [5, 5.41) is 3.36. The van der Waals surface area contributed by atoms with Crippen LogP contribution in [0.15, 0.2) is 36.5 Å². The van der Waals surface area contributed by atoms with Gasteiger partial charge < -0.3 is 4.90 Å². The second kappa shape index (κ2) is 4.68. The van der Waals surface area contributed by atoms with Crippen molar-refractivity contribution >= 4 is 22.8 Å². The summed E-state index contributed by atoms with van der Waals surface area (Å²) in [4.78, 5) is 28.4. The zero-order chi connectivity index (χ0) is 13.2. The monoisotopic (exact) mass is 255 g/mol. The van der Waals surface area contributed by atoms with Gasteiger partial charge in [0.05, 0.1) is 5.52 Å². The summed E-state index contributed by atoms with van der Waals surface area (Å²) in [7, 11) is 0. The minimum atomic E-state index is -0.307. The van der Waals surface area contributed by atoms with E-state index in [4.69, 9.17) is 0 Å². The molecule has 3 amide bonds. The second-order valence-electron chi connectivity index (χ2n) is 4.52. The lowest BCUT2D eigenvalue weighted by atomic mass is 10.1. The van der Waals surface area contributed by atoms with Gasteiger partial charge in [0.1, 0.15) is 6.54 Å². The third kappa shape index (κ3) is 2.27. The van der Waals surface area contributed by atoms with Crippen LogP contribution >= 0.6 is 0 Å². The van der Waals surface area contributed by atoms with E-state index in [1.165, 1.54) is 4.90 Å². The number of nitrogens with one attached hydrogen (secondary N) is 1. The Balaban J connectivity index is 1.79. The molecule has 2 aromatic rings. The molecule has 1 saturated heterocycles. The summed E-state index contributed by atoms with van der Waals surface area (Å²) in [5.74, 6) is -0.235. The molecule has 1 aliphatic rings. The van der Waals surface area contributed by atoms with Gasteiger partial charge in [-0.25, -0.2) is 4.79 Å². The number of amides is 3. The molecule has 0 atom stereocenters. The molecule has 0 unspecified atom stereocenters. The Bertz CT molecular complexity index is 649. The second-order valence-corrected chi connectivity index (χ2v) is 4.52. The van der Waals surface area contributed by atoms with Gasteiger partial charge in [-0.1, -0.05) is 24.3 Å². The van der Waals surface area contributed by atoms with E-state index >= 15 is 0 Å². The zero-order valence-electron chi connectivity index (χ0n) is 10.3. The Morgan fingerprint density at radius 1 is 1.21 bits per heavy atom. The van der Waals surface area contributed by atoms with Crippen molar-refractivity contribution in [3.05, 3.63) is 42.1 Å². The summed E-state index contributed by atoms with van der Waals surface area (Å²) < 4.78 is 0. The van der Waals surface area contributed by atoms with Gasteiger partial charge in [-0.3, -0.25) is 15.1 Å². The molecule has 19 heavy (non-hydrogen) atoms.